The molecule has 0 aliphatic carbocycles. The van der Waals surface area contributed by atoms with E-state index in [1.165, 1.54) is 11.9 Å². The van der Waals surface area contributed by atoms with Gasteiger partial charge in [0, 0.05) is 18.5 Å². The summed E-state index contributed by atoms with van der Waals surface area (Å²) in [5, 5.41) is 12.7. The number of esters is 1. The zero-order valence-electron chi connectivity index (χ0n) is 20.7. The predicted molar refractivity (Wildman–Crippen MR) is 138 cm³/mol. The Morgan fingerprint density at radius 2 is 1.69 bits per heavy atom. The van der Waals surface area contributed by atoms with E-state index >= 15 is 0 Å². The minimum atomic E-state index is -0.365. The van der Waals surface area contributed by atoms with E-state index in [0.717, 1.165) is 58.4 Å². The van der Waals surface area contributed by atoms with E-state index in [-0.39, 0.29) is 5.97 Å². The number of ether oxygens (including phenoxy) is 1. The van der Waals surface area contributed by atoms with Crippen molar-refractivity contribution in [3.63, 3.8) is 0 Å². The van der Waals surface area contributed by atoms with Gasteiger partial charge in [-0.3, -0.25) is 0 Å². The van der Waals surface area contributed by atoms with Crippen molar-refractivity contribution in [1.29, 1.82) is 0 Å². The highest BCUT2D eigenvalue weighted by molar-refractivity contribution is 6.02. The number of para-hydroxylation sites is 1. The van der Waals surface area contributed by atoms with Crippen molar-refractivity contribution in [2.45, 2.75) is 32.7 Å². The van der Waals surface area contributed by atoms with E-state index in [9.17, 15) is 4.79 Å². The van der Waals surface area contributed by atoms with Crippen LogP contribution in [0.4, 0.5) is 0 Å². The van der Waals surface area contributed by atoms with Gasteiger partial charge in [-0.2, -0.15) is 4.80 Å². The Labute approximate surface area is 209 Å². The summed E-state index contributed by atoms with van der Waals surface area (Å²) in [6.07, 6.45) is 2.90. The number of nitrogens with zero attached hydrogens (tertiary/aromatic N) is 6. The highest BCUT2D eigenvalue weighted by Gasteiger charge is 2.20. The van der Waals surface area contributed by atoms with Gasteiger partial charge >= 0.3 is 5.97 Å². The van der Waals surface area contributed by atoms with Crippen LogP contribution in [0.1, 0.15) is 41.5 Å². The monoisotopic (exact) mass is 480 g/mol. The fourth-order valence-corrected chi connectivity index (χ4v) is 4.60. The average molecular weight is 481 g/mol. The van der Waals surface area contributed by atoms with Crippen molar-refractivity contribution in [3.8, 4) is 22.5 Å². The first-order valence-corrected chi connectivity index (χ1v) is 12.1. The number of imidazole rings is 1. The molecule has 0 saturated heterocycles. The highest BCUT2D eigenvalue weighted by Crippen LogP contribution is 2.33. The Bertz CT molecular complexity index is 1530. The van der Waals surface area contributed by atoms with Crippen LogP contribution in [-0.4, -0.2) is 42.8 Å². The van der Waals surface area contributed by atoms with Gasteiger partial charge in [0.15, 0.2) is 0 Å². The molecule has 0 spiro atoms. The van der Waals surface area contributed by atoms with Crippen molar-refractivity contribution < 1.29 is 9.53 Å². The molecule has 0 fully saturated rings. The third kappa shape index (κ3) is 4.37. The number of carbonyl (C=O) groups is 1. The van der Waals surface area contributed by atoms with Gasteiger partial charge in [-0.05, 0) is 40.5 Å². The third-order valence-electron chi connectivity index (χ3n) is 6.32. The summed E-state index contributed by atoms with van der Waals surface area (Å²) in [7, 11) is 3.17. The maximum Gasteiger partial charge on any atom is 0.340 e. The summed E-state index contributed by atoms with van der Waals surface area (Å²) < 4.78 is 7.26. The summed E-state index contributed by atoms with van der Waals surface area (Å²) in [5.74, 6) is 1.17. The van der Waals surface area contributed by atoms with Crippen molar-refractivity contribution >= 4 is 17.0 Å². The Morgan fingerprint density at radius 3 is 2.42 bits per heavy atom. The van der Waals surface area contributed by atoms with Crippen molar-refractivity contribution in [1.82, 2.24) is 29.8 Å². The van der Waals surface area contributed by atoms with Crippen molar-refractivity contribution in [2.75, 3.05) is 7.11 Å². The zero-order chi connectivity index (χ0) is 25.1. The number of aryl methyl sites for hydroxylation is 2. The number of unbranched alkanes of at least 4 members (excludes halogenated alkanes) is 1. The van der Waals surface area contributed by atoms with Gasteiger partial charge in [0.05, 0.1) is 30.8 Å². The lowest BCUT2D eigenvalue weighted by molar-refractivity contribution is 0.0602. The molecule has 0 amide bonds. The van der Waals surface area contributed by atoms with Gasteiger partial charge in [0.25, 0.3) is 0 Å². The number of carbonyl (C=O) groups excluding carboxylic acids is 1. The number of benzene rings is 3. The van der Waals surface area contributed by atoms with Gasteiger partial charge in [-0.15, -0.1) is 10.2 Å². The fraction of sp³-hybridized carbons (Fsp3) is 0.250. The smallest absolute Gasteiger partial charge is 0.340 e. The minimum Gasteiger partial charge on any atom is -0.465 e. The molecule has 0 bridgehead atoms. The molecule has 0 aliphatic heterocycles. The van der Waals surface area contributed by atoms with E-state index < -0.39 is 0 Å². The molecule has 0 atom stereocenters. The molecule has 0 unspecified atom stereocenters. The molecular weight excluding hydrogens is 452 g/mol. The summed E-state index contributed by atoms with van der Waals surface area (Å²) in [6.45, 7) is 2.72. The highest BCUT2D eigenvalue weighted by atomic mass is 16.5. The van der Waals surface area contributed by atoms with Crippen LogP contribution in [0.2, 0.25) is 0 Å². The standard InChI is InChI=1S/C28H28N6O2/c1-4-5-17-25-29-24-16-10-15-23(28(35)36-3)26(24)34(25)18-19-11-6-7-12-20(19)21-13-8-9-14-22(21)27-30-32-33(2)31-27/h6-16H,4-5,17-18H2,1-3H3. The second-order valence-corrected chi connectivity index (χ2v) is 8.69. The molecule has 5 aromatic rings. The summed E-state index contributed by atoms with van der Waals surface area (Å²) in [4.78, 5) is 19.0. The molecule has 2 aromatic heterocycles. The van der Waals surface area contributed by atoms with E-state index in [4.69, 9.17) is 9.72 Å². The number of aromatic nitrogens is 6. The van der Waals surface area contributed by atoms with Gasteiger partial charge in [0.1, 0.15) is 5.82 Å². The van der Waals surface area contributed by atoms with Crippen LogP contribution in [0.25, 0.3) is 33.5 Å². The number of hydrogen-bond donors (Lipinski definition) is 0. The Hall–Kier alpha value is -4.33. The molecule has 36 heavy (non-hydrogen) atoms. The van der Waals surface area contributed by atoms with E-state index in [0.29, 0.717) is 17.9 Å². The number of fused-ring (bicyclic) bond motifs is 1. The number of methoxy groups -OCH3 is 1. The Morgan fingerprint density at radius 1 is 0.944 bits per heavy atom. The molecule has 8 nitrogen and oxygen atoms in total. The number of rotatable bonds is 8. The molecule has 0 aliphatic rings. The van der Waals surface area contributed by atoms with Crippen LogP contribution in [0, 0.1) is 0 Å². The molecule has 182 valence electrons. The minimum absolute atomic E-state index is 0.365. The molecule has 2 heterocycles. The molecule has 3 aromatic carbocycles. The van der Waals surface area contributed by atoms with E-state index in [2.05, 4.69) is 45.1 Å². The Balaban J connectivity index is 1.67. The average Bonchev–Trinajstić information content (AvgIpc) is 3.50. The summed E-state index contributed by atoms with van der Waals surface area (Å²) >= 11 is 0. The zero-order valence-corrected chi connectivity index (χ0v) is 20.7. The molecule has 5 rings (SSSR count). The predicted octanol–water partition coefficient (Wildman–Crippen LogP) is 5.07. The molecule has 8 heteroatoms. The molecular formula is C28H28N6O2. The lowest BCUT2D eigenvalue weighted by Gasteiger charge is -2.16. The van der Waals surface area contributed by atoms with Crippen LogP contribution in [0.15, 0.2) is 66.7 Å². The largest absolute Gasteiger partial charge is 0.465 e. The number of hydrogen-bond acceptors (Lipinski definition) is 6. The van der Waals surface area contributed by atoms with Gasteiger partial charge in [-0.1, -0.05) is 67.9 Å². The van der Waals surface area contributed by atoms with Crippen molar-refractivity contribution in [2.24, 2.45) is 7.05 Å². The second kappa shape index (κ2) is 10.1. The van der Waals surface area contributed by atoms with Gasteiger partial charge in [-0.25, -0.2) is 9.78 Å². The first-order valence-electron chi connectivity index (χ1n) is 12.1. The summed E-state index contributed by atoms with van der Waals surface area (Å²) in [6, 6.07) is 22.0. The second-order valence-electron chi connectivity index (χ2n) is 8.69. The van der Waals surface area contributed by atoms with Gasteiger partial charge in [0.2, 0.25) is 5.82 Å². The lowest BCUT2D eigenvalue weighted by Crippen LogP contribution is -2.10. The van der Waals surface area contributed by atoms with Crippen molar-refractivity contribution in [3.05, 3.63) is 83.7 Å². The molecule has 0 radical (unpaired) electrons. The number of tetrazole rings is 1. The fourth-order valence-electron chi connectivity index (χ4n) is 4.60. The normalized spacial score (nSPS) is 11.2. The first-order chi connectivity index (χ1) is 17.6. The van der Waals surface area contributed by atoms with Gasteiger partial charge < -0.3 is 9.30 Å². The topological polar surface area (TPSA) is 87.7 Å². The third-order valence-corrected chi connectivity index (χ3v) is 6.32. The lowest BCUT2D eigenvalue weighted by atomic mass is 9.95. The van der Waals surface area contributed by atoms with E-state index in [1.807, 2.05) is 42.5 Å². The molecule has 0 N–H and O–H groups in total. The van der Waals surface area contributed by atoms with Crippen LogP contribution in [0.5, 0.6) is 0 Å². The molecule has 0 saturated carbocycles. The quantitative estimate of drug-likeness (QED) is 0.288. The maximum absolute atomic E-state index is 12.7. The summed E-state index contributed by atoms with van der Waals surface area (Å²) in [5.41, 5.74) is 6.22. The van der Waals surface area contributed by atoms with Crippen LogP contribution < -0.4 is 0 Å². The van der Waals surface area contributed by atoms with Crippen LogP contribution >= 0.6 is 0 Å². The Kier molecular flexibility index (Phi) is 6.58. The SMILES string of the molecule is CCCCc1nc2cccc(C(=O)OC)c2n1Cc1ccccc1-c1ccccc1-c1nnn(C)n1. The maximum atomic E-state index is 12.7. The van der Waals surface area contributed by atoms with Crippen LogP contribution in [-0.2, 0) is 24.8 Å². The van der Waals surface area contributed by atoms with E-state index in [1.54, 1.807) is 13.1 Å². The first kappa shape index (κ1) is 23.4. The van der Waals surface area contributed by atoms with Crippen LogP contribution in [0.3, 0.4) is 0 Å².